The number of nitrogens with zero attached hydrogens (tertiary/aromatic N) is 1. The molecule has 10 nitrogen and oxygen atoms in total. The summed E-state index contributed by atoms with van der Waals surface area (Å²) in [5.41, 5.74) is 4.46. The van der Waals surface area contributed by atoms with Crippen molar-refractivity contribution < 1.29 is 33.3 Å². The molecule has 0 fully saturated rings. The minimum Gasteiger partial charge on any atom is -0.493 e. The topological polar surface area (TPSA) is 115 Å². The van der Waals surface area contributed by atoms with Gasteiger partial charge in [0.2, 0.25) is 5.75 Å². The average Bonchev–Trinajstić information content (AvgIpc) is 3.60. The van der Waals surface area contributed by atoms with Gasteiger partial charge in [-0.3, -0.25) is 4.79 Å². The van der Waals surface area contributed by atoms with Crippen molar-refractivity contribution in [3.63, 3.8) is 0 Å². The maximum Gasteiger partial charge on any atom is 0.340 e. The third-order valence-electron chi connectivity index (χ3n) is 6.84. The fourth-order valence-electron chi connectivity index (χ4n) is 5.28. The van der Waals surface area contributed by atoms with Crippen LogP contribution in [0.1, 0.15) is 46.0 Å². The maximum absolute atomic E-state index is 13.9. The number of carbonyl (C=O) groups excluding carboxylic acids is 2. The largest absolute Gasteiger partial charge is 0.493 e. The smallest absolute Gasteiger partial charge is 0.340 e. The molecule has 10 heteroatoms. The van der Waals surface area contributed by atoms with E-state index in [1.165, 1.54) is 21.3 Å². The van der Waals surface area contributed by atoms with E-state index < -0.39 is 5.97 Å². The van der Waals surface area contributed by atoms with Crippen LogP contribution in [0.15, 0.2) is 18.2 Å². The first-order valence-corrected chi connectivity index (χ1v) is 12.3. The van der Waals surface area contributed by atoms with E-state index in [0.717, 1.165) is 21.9 Å². The summed E-state index contributed by atoms with van der Waals surface area (Å²) in [7, 11) is 5.98. The quantitative estimate of drug-likeness (QED) is 0.337. The van der Waals surface area contributed by atoms with Crippen molar-refractivity contribution >= 4 is 39.4 Å². The van der Waals surface area contributed by atoms with Gasteiger partial charge in [-0.2, -0.15) is 0 Å². The van der Waals surface area contributed by atoms with Crippen molar-refractivity contribution in [2.45, 2.75) is 33.3 Å². The average molecular weight is 522 g/mol. The van der Waals surface area contributed by atoms with Gasteiger partial charge in [0.25, 0.3) is 5.91 Å². The van der Waals surface area contributed by atoms with E-state index in [-0.39, 0.29) is 12.0 Å². The molecule has 2 N–H and O–H groups in total. The highest BCUT2D eigenvalue weighted by molar-refractivity contribution is 6.14. The van der Waals surface area contributed by atoms with Crippen LogP contribution >= 0.6 is 0 Å². The van der Waals surface area contributed by atoms with Crippen LogP contribution in [-0.2, 0) is 11.2 Å². The van der Waals surface area contributed by atoms with Crippen molar-refractivity contribution in [1.82, 2.24) is 9.97 Å². The second-order valence-electron chi connectivity index (χ2n) is 9.40. The number of nitrogens with one attached hydrogen (secondary N) is 2. The molecule has 0 spiro atoms. The molecule has 0 unspecified atom stereocenters. The Morgan fingerprint density at radius 1 is 0.921 bits per heavy atom. The van der Waals surface area contributed by atoms with Crippen LogP contribution < -0.4 is 23.8 Å². The molecule has 0 aliphatic carbocycles. The standard InChI is InChI=1S/C28H31N3O7/c1-13(2)38-19-12-18-16(22-21(28(33)37-7)14(3)29-24(19)22)8-9-31(18)27(32)17-10-15-11-20(34-4)25(35-5)26(36-6)23(15)30-17/h10-13,29-30H,8-9H2,1-7H3. The highest BCUT2D eigenvalue weighted by atomic mass is 16.5. The van der Waals surface area contributed by atoms with E-state index in [4.69, 9.17) is 23.7 Å². The number of carbonyl (C=O) groups is 2. The zero-order valence-electron chi connectivity index (χ0n) is 22.5. The molecule has 0 saturated carbocycles. The number of aromatic amines is 2. The minimum atomic E-state index is -0.437. The molecule has 1 amide bonds. The highest BCUT2D eigenvalue weighted by Gasteiger charge is 2.33. The van der Waals surface area contributed by atoms with Gasteiger partial charge in [-0.25, -0.2) is 4.79 Å². The lowest BCUT2D eigenvalue weighted by atomic mass is 10.0. The summed E-state index contributed by atoms with van der Waals surface area (Å²) in [6.07, 6.45) is 0.463. The Bertz CT molecular complexity index is 1580. The Kier molecular flexibility index (Phi) is 6.34. The number of benzene rings is 2. The van der Waals surface area contributed by atoms with E-state index in [0.29, 0.717) is 64.1 Å². The zero-order chi connectivity index (χ0) is 27.3. The van der Waals surface area contributed by atoms with Gasteiger partial charge in [-0.15, -0.1) is 0 Å². The molecule has 0 bridgehead atoms. The first-order valence-electron chi connectivity index (χ1n) is 12.3. The number of methoxy groups -OCH3 is 4. The molecule has 200 valence electrons. The van der Waals surface area contributed by atoms with Crippen LogP contribution in [0, 0.1) is 6.92 Å². The number of anilines is 1. The van der Waals surface area contributed by atoms with Gasteiger partial charge < -0.3 is 38.6 Å². The number of aryl methyl sites for hydroxylation is 1. The lowest BCUT2D eigenvalue weighted by molar-refractivity contribution is 0.0602. The molecule has 1 aliphatic heterocycles. The zero-order valence-corrected chi connectivity index (χ0v) is 22.5. The molecule has 0 saturated heterocycles. The summed E-state index contributed by atoms with van der Waals surface area (Å²) < 4.78 is 27.8. The lowest BCUT2D eigenvalue weighted by Gasteiger charge is -2.19. The Balaban J connectivity index is 1.66. The Labute approximate surface area is 219 Å². The monoisotopic (exact) mass is 521 g/mol. The van der Waals surface area contributed by atoms with Gasteiger partial charge in [0.05, 0.1) is 56.8 Å². The third kappa shape index (κ3) is 3.79. The van der Waals surface area contributed by atoms with E-state index >= 15 is 0 Å². The van der Waals surface area contributed by atoms with Gasteiger partial charge in [0, 0.05) is 29.1 Å². The van der Waals surface area contributed by atoms with E-state index in [1.807, 2.05) is 26.8 Å². The molecule has 5 rings (SSSR count). The minimum absolute atomic E-state index is 0.113. The van der Waals surface area contributed by atoms with E-state index in [9.17, 15) is 9.59 Å². The van der Waals surface area contributed by atoms with Gasteiger partial charge >= 0.3 is 5.97 Å². The summed E-state index contributed by atoms with van der Waals surface area (Å²) in [4.78, 5) is 34.9. The first kappa shape index (κ1) is 25.3. The summed E-state index contributed by atoms with van der Waals surface area (Å²) in [5.74, 6) is 1.29. The van der Waals surface area contributed by atoms with E-state index in [1.54, 1.807) is 24.1 Å². The summed E-state index contributed by atoms with van der Waals surface area (Å²) in [6, 6.07) is 5.44. The fourth-order valence-corrected chi connectivity index (χ4v) is 5.28. The fraction of sp³-hybridized carbons (Fsp3) is 0.357. The lowest BCUT2D eigenvalue weighted by Crippen LogP contribution is -2.29. The summed E-state index contributed by atoms with van der Waals surface area (Å²) >= 11 is 0. The third-order valence-corrected chi connectivity index (χ3v) is 6.84. The molecule has 38 heavy (non-hydrogen) atoms. The highest BCUT2D eigenvalue weighted by Crippen LogP contribution is 2.45. The van der Waals surface area contributed by atoms with Crippen LogP contribution in [-0.4, -0.2) is 62.9 Å². The van der Waals surface area contributed by atoms with Gasteiger partial charge in [0.1, 0.15) is 11.4 Å². The number of hydrogen-bond acceptors (Lipinski definition) is 7. The van der Waals surface area contributed by atoms with Crippen LogP contribution in [0.2, 0.25) is 0 Å². The molecule has 2 aromatic carbocycles. The number of rotatable bonds is 7. The Morgan fingerprint density at radius 2 is 1.66 bits per heavy atom. The molecule has 0 radical (unpaired) electrons. The van der Waals surface area contributed by atoms with Crippen LogP contribution in [0.5, 0.6) is 23.0 Å². The first-order chi connectivity index (χ1) is 18.2. The Hall–Kier alpha value is -4.34. The number of aromatic nitrogens is 2. The summed E-state index contributed by atoms with van der Waals surface area (Å²) in [5, 5.41) is 1.47. The molecule has 1 aliphatic rings. The van der Waals surface area contributed by atoms with Crippen molar-refractivity contribution in [2.24, 2.45) is 0 Å². The molecule has 2 aromatic heterocycles. The van der Waals surface area contributed by atoms with Crippen molar-refractivity contribution in [3.05, 3.63) is 40.7 Å². The van der Waals surface area contributed by atoms with Crippen molar-refractivity contribution in [1.29, 1.82) is 0 Å². The van der Waals surface area contributed by atoms with Gasteiger partial charge in [0.15, 0.2) is 11.5 Å². The maximum atomic E-state index is 13.9. The van der Waals surface area contributed by atoms with Crippen LogP contribution in [0.3, 0.4) is 0 Å². The predicted molar refractivity (Wildman–Crippen MR) is 143 cm³/mol. The number of H-pyrrole nitrogens is 2. The molecule has 3 heterocycles. The van der Waals surface area contributed by atoms with E-state index in [2.05, 4.69) is 9.97 Å². The Morgan fingerprint density at radius 3 is 2.29 bits per heavy atom. The SMILES string of the molecule is COC(=O)c1c(C)[nH]c2c(OC(C)C)cc3c(c12)CCN3C(=O)c1cc2cc(OC)c(OC)c(OC)c2[nH]1. The summed E-state index contributed by atoms with van der Waals surface area (Å²) in [6.45, 7) is 6.13. The van der Waals surface area contributed by atoms with Crippen LogP contribution in [0.25, 0.3) is 21.8 Å². The second-order valence-corrected chi connectivity index (χ2v) is 9.40. The number of esters is 1. The molecule has 0 atom stereocenters. The van der Waals surface area contributed by atoms with Gasteiger partial charge in [-0.05, 0) is 44.9 Å². The second kappa shape index (κ2) is 9.51. The van der Waals surface area contributed by atoms with Crippen LogP contribution in [0.4, 0.5) is 5.69 Å². The van der Waals surface area contributed by atoms with Gasteiger partial charge in [-0.1, -0.05) is 0 Å². The van der Waals surface area contributed by atoms with Crippen molar-refractivity contribution in [2.75, 3.05) is 39.9 Å². The normalized spacial score (nSPS) is 12.8. The number of fused-ring (bicyclic) bond motifs is 4. The molecular formula is C28H31N3O7. The predicted octanol–water partition coefficient (Wildman–Crippen LogP) is 4.76. The number of hydrogen-bond donors (Lipinski definition) is 2. The molecular weight excluding hydrogens is 490 g/mol. The number of ether oxygens (including phenoxy) is 5. The van der Waals surface area contributed by atoms with Crippen molar-refractivity contribution in [3.8, 4) is 23.0 Å². The molecule has 4 aromatic rings. The number of amides is 1.